The molecule has 1 aromatic rings. The third kappa shape index (κ3) is 3.05. The molecule has 100 valence electrons. The van der Waals surface area contributed by atoms with E-state index in [4.69, 9.17) is 0 Å². The van der Waals surface area contributed by atoms with Crippen molar-refractivity contribution in [2.45, 2.75) is 40.2 Å². The number of anilines is 1. The molecule has 0 saturated carbocycles. The Bertz CT molecular complexity index is 398. The minimum Gasteiger partial charge on any atom is -0.368 e. The van der Waals surface area contributed by atoms with Gasteiger partial charge in [-0.1, -0.05) is 26.0 Å². The first kappa shape index (κ1) is 13.4. The average Bonchev–Trinajstić information content (AvgIpc) is 2.32. The molecule has 1 aromatic carbocycles. The molecule has 2 nitrogen and oxygen atoms in total. The third-order valence-electron chi connectivity index (χ3n) is 3.93. The molecular weight excluding hydrogens is 220 g/mol. The summed E-state index contributed by atoms with van der Waals surface area (Å²) in [7, 11) is 0. The lowest BCUT2D eigenvalue weighted by atomic mass is 10.0. The lowest BCUT2D eigenvalue weighted by molar-refractivity contribution is 0.388. The van der Waals surface area contributed by atoms with Crippen molar-refractivity contribution in [2.75, 3.05) is 24.5 Å². The Labute approximate surface area is 111 Å². The average molecular weight is 246 g/mol. The van der Waals surface area contributed by atoms with E-state index in [1.807, 2.05) is 0 Å². The molecule has 1 N–H and O–H groups in total. The number of nitrogens with zero attached hydrogens (tertiary/aromatic N) is 1. The van der Waals surface area contributed by atoms with Gasteiger partial charge in [0.25, 0.3) is 0 Å². The van der Waals surface area contributed by atoms with Gasteiger partial charge in [-0.05, 0) is 43.4 Å². The fourth-order valence-corrected chi connectivity index (χ4v) is 2.85. The van der Waals surface area contributed by atoms with Crippen LogP contribution < -0.4 is 10.2 Å². The van der Waals surface area contributed by atoms with Crippen molar-refractivity contribution in [3.05, 3.63) is 29.3 Å². The first-order valence-electron chi connectivity index (χ1n) is 7.12. The Morgan fingerprint density at radius 3 is 2.83 bits per heavy atom. The van der Waals surface area contributed by atoms with Gasteiger partial charge in [0.15, 0.2) is 0 Å². The molecule has 1 unspecified atom stereocenters. The predicted molar refractivity (Wildman–Crippen MR) is 79.4 cm³/mol. The molecule has 0 spiro atoms. The van der Waals surface area contributed by atoms with Crippen molar-refractivity contribution in [1.29, 1.82) is 0 Å². The second kappa shape index (κ2) is 5.75. The zero-order valence-corrected chi connectivity index (χ0v) is 12.2. The van der Waals surface area contributed by atoms with Crippen molar-refractivity contribution >= 4 is 5.69 Å². The van der Waals surface area contributed by atoms with E-state index in [1.165, 1.54) is 23.2 Å². The zero-order chi connectivity index (χ0) is 13.1. The minimum absolute atomic E-state index is 0.638. The van der Waals surface area contributed by atoms with Crippen LogP contribution in [0.2, 0.25) is 0 Å². The zero-order valence-electron chi connectivity index (χ0n) is 12.2. The SMILES string of the molecule is Cc1cccc(N2CCNC(CC(C)C)C2)c1C. The molecule has 1 heterocycles. The van der Waals surface area contributed by atoms with Crippen LogP contribution in [0, 0.1) is 19.8 Å². The molecule has 18 heavy (non-hydrogen) atoms. The highest BCUT2D eigenvalue weighted by Crippen LogP contribution is 2.24. The molecule has 1 saturated heterocycles. The highest BCUT2D eigenvalue weighted by atomic mass is 15.2. The van der Waals surface area contributed by atoms with Crippen LogP contribution in [-0.2, 0) is 0 Å². The summed E-state index contributed by atoms with van der Waals surface area (Å²) in [6, 6.07) is 7.28. The van der Waals surface area contributed by atoms with E-state index < -0.39 is 0 Å². The maximum Gasteiger partial charge on any atom is 0.0399 e. The van der Waals surface area contributed by atoms with Crippen molar-refractivity contribution in [3.63, 3.8) is 0 Å². The number of hydrogen-bond donors (Lipinski definition) is 1. The molecule has 1 fully saturated rings. The van der Waals surface area contributed by atoms with Crippen LogP contribution >= 0.6 is 0 Å². The summed E-state index contributed by atoms with van der Waals surface area (Å²) in [6.07, 6.45) is 1.27. The van der Waals surface area contributed by atoms with Crippen molar-refractivity contribution in [1.82, 2.24) is 5.32 Å². The molecule has 1 atom stereocenters. The maximum absolute atomic E-state index is 3.64. The van der Waals surface area contributed by atoms with Crippen LogP contribution in [-0.4, -0.2) is 25.7 Å². The van der Waals surface area contributed by atoms with E-state index in [0.29, 0.717) is 6.04 Å². The highest BCUT2D eigenvalue weighted by Gasteiger charge is 2.21. The molecule has 0 aromatic heterocycles. The van der Waals surface area contributed by atoms with Crippen LogP contribution in [0.15, 0.2) is 18.2 Å². The van der Waals surface area contributed by atoms with Gasteiger partial charge in [0.1, 0.15) is 0 Å². The number of hydrogen-bond acceptors (Lipinski definition) is 2. The van der Waals surface area contributed by atoms with Crippen LogP contribution in [0.3, 0.4) is 0 Å². The van der Waals surface area contributed by atoms with Gasteiger partial charge >= 0.3 is 0 Å². The topological polar surface area (TPSA) is 15.3 Å². The molecule has 1 aliphatic rings. The summed E-state index contributed by atoms with van der Waals surface area (Å²) in [5, 5.41) is 3.64. The Hall–Kier alpha value is -1.02. The van der Waals surface area contributed by atoms with E-state index in [2.05, 4.69) is 56.1 Å². The normalized spacial score (nSPS) is 20.5. The Balaban J connectivity index is 2.11. The molecule has 0 bridgehead atoms. The third-order valence-corrected chi connectivity index (χ3v) is 3.93. The maximum atomic E-state index is 3.64. The summed E-state index contributed by atoms with van der Waals surface area (Å²) in [5.41, 5.74) is 4.25. The van der Waals surface area contributed by atoms with E-state index in [-0.39, 0.29) is 0 Å². The van der Waals surface area contributed by atoms with Gasteiger partial charge < -0.3 is 10.2 Å². The Morgan fingerprint density at radius 2 is 2.11 bits per heavy atom. The van der Waals surface area contributed by atoms with Gasteiger partial charge in [-0.3, -0.25) is 0 Å². The number of nitrogens with one attached hydrogen (secondary N) is 1. The summed E-state index contributed by atoms with van der Waals surface area (Å²) in [6.45, 7) is 12.4. The van der Waals surface area contributed by atoms with Crippen LogP contribution in [0.4, 0.5) is 5.69 Å². The van der Waals surface area contributed by atoms with Crippen molar-refractivity contribution in [3.8, 4) is 0 Å². The first-order chi connectivity index (χ1) is 8.58. The lowest BCUT2D eigenvalue weighted by Crippen LogP contribution is -2.51. The van der Waals surface area contributed by atoms with Gasteiger partial charge in [-0.15, -0.1) is 0 Å². The standard InChI is InChI=1S/C16H26N2/c1-12(2)10-15-11-18(9-8-17-15)16-7-5-6-13(3)14(16)4/h5-7,12,15,17H,8-11H2,1-4H3. The number of piperazine rings is 1. The van der Waals surface area contributed by atoms with Gasteiger partial charge in [-0.25, -0.2) is 0 Å². The van der Waals surface area contributed by atoms with Crippen LogP contribution in [0.25, 0.3) is 0 Å². The molecular formula is C16H26N2. The van der Waals surface area contributed by atoms with Gasteiger partial charge in [0.05, 0.1) is 0 Å². The van der Waals surface area contributed by atoms with Gasteiger partial charge in [0, 0.05) is 31.4 Å². The fourth-order valence-electron chi connectivity index (χ4n) is 2.85. The summed E-state index contributed by atoms with van der Waals surface area (Å²) in [4.78, 5) is 2.55. The molecule has 2 rings (SSSR count). The number of benzene rings is 1. The highest BCUT2D eigenvalue weighted by molar-refractivity contribution is 5.56. The number of rotatable bonds is 3. The fraction of sp³-hybridized carbons (Fsp3) is 0.625. The second-order valence-corrected chi connectivity index (χ2v) is 5.95. The van der Waals surface area contributed by atoms with E-state index in [1.54, 1.807) is 0 Å². The largest absolute Gasteiger partial charge is 0.368 e. The van der Waals surface area contributed by atoms with E-state index in [9.17, 15) is 0 Å². The molecule has 0 radical (unpaired) electrons. The lowest BCUT2D eigenvalue weighted by Gasteiger charge is -2.37. The predicted octanol–water partition coefficient (Wildman–Crippen LogP) is 3.13. The van der Waals surface area contributed by atoms with Crippen LogP contribution in [0.5, 0.6) is 0 Å². The molecule has 0 amide bonds. The smallest absolute Gasteiger partial charge is 0.0399 e. The Kier molecular flexibility index (Phi) is 4.28. The molecule has 1 aliphatic heterocycles. The van der Waals surface area contributed by atoms with Crippen LogP contribution in [0.1, 0.15) is 31.4 Å². The summed E-state index contributed by atoms with van der Waals surface area (Å²) in [5.74, 6) is 0.765. The first-order valence-corrected chi connectivity index (χ1v) is 7.12. The second-order valence-electron chi connectivity index (χ2n) is 5.95. The minimum atomic E-state index is 0.638. The molecule has 2 heteroatoms. The van der Waals surface area contributed by atoms with Gasteiger partial charge in [-0.2, -0.15) is 0 Å². The summed E-state index contributed by atoms with van der Waals surface area (Å²) < 4.78 is 0. The monoisotopic (exact) mass is 246 g/mol. The number of aryl methyl sites for hydroxylation is 1. The summed E-state index contributed by atoms with van der Waals surface area (Å²) >= 11 is 0. The van der Waals surface area contributed by atoms with Crippen molar-refractivity contribution in [2.24, 2.45) is 5.92 Å². The van der Waals surface area contributed by atoms with Gasteiger partial charge in [0.2, 0.25) is 0 Å². The van der Waals surface area contributed by atoms with Crippen molar-refractivity contribution < 1.29 is 0 Å². The Morgan fingerprint density at radius 1 is 1.33 bits per heavy atom. The molecule has 0 aliphatic carbocycles. The van der Waals surface area contributed by atoms with E-state index in [0.717, 1.165) is 25.6 Å². The quantitative estimate of drug-likeness (QED) is 0.881. The van der Waals surface area contributed by atoms with E-state index >= 15 is 0 Å².